The number of alkyl halides is 1. The van der Waals surface area contributed by atoms with Gasteiger partial charge in [0.2, 0.25) is 0 Å². The van der Waals surface area contributed by atoms with Crippen LogP contribution in [-0.2, 0) is 0 Å². The maximum absolute atomic E-state index is 5.98. The zero-order chi connectivity index (χ0) is 5.49. The molecule has 0 heterocycles. The van der Waals surface area contributed by atoms with Gasteiger partial charge in [0, 0.05) is 4.87 Å². The number of hydrogen-bond acceptors (Lipinski definition) is 0. The zero-order valence-electron chi connectivity index (χ0n) is 4.87. The van der Waals surface area contributed by atoms with Gasteiger partial charge in [-0.25, -0.2) is 0 Å². The monoisotopic (exact) mass is 118 g/mol. The van der Waals surface area contributed by atoms with Crippen LogP contribution < -0.4 is 0 Å². The lowest BCUT2D eigenvalue weighted by atomic mass is 10.1. The Labute approximate surface area is 49.9 Å². The van der Waals surface area contributed by atoms with E-state index in [0.717, 1.165) is 0 Å². The van der Waals surface area contributed by atoms with E-state index in [2.05, 4.69) is 13.8 Å². The van der Waals surface area contributed by atoms with E-state index in [0.29, 0.717) is 5.92 Å². The van der Waals surface area contributed by atoms with E-state index >= 15 is 0 Å². The molecular formula is C6H11Cl. The fourth-order valence-corrected chi connectivity index (χ4v) is 0.791. The first-order chi connectivity index (χ1) is 3.15. The largest absolute Gasteiger partial charge is 0.119 e. The average molecular weight is 119 g/mol. The van der Waals surface area contributed by atoms with Crippen molar-refractivity contribution in [2.24, 2.45) is 5.92 Å². The molecule has 0 amide bonds. The van der Waals surface area contributed by atoms with Crippen LogP contribution in [0, 0.1) is 5.92 Å². The van der Waals surface area contributed by atoms with Gasteiger partial charge in [-0.1, -0.05) is 13.8 Å². The molecule has 42 valence electrons. The molecule has 0 radical (unpaired) electrons. The Balaban J connectivity index is 2.39. The van der Waals surface area contributed by atoms with Crippen LogP contribution in [0.1, 0.15) is 26.7 Å². The minimum atomic E-state index is 0.222. The number of rotatable bonds is 1. The third-order valence-corrected chi connectivity index (χ3v) is 2.58. The van der Waals surface area contributed by atoms with Crippen molar-refractivity contribution in [3.8, 4) is 0 Å². The van der Waals surface area contributed by atoms with E-state index in [1.165, 1.54) is 12.8 Å². The summed E-state index contributed by atoms with van der Waals surface area (Å²) in [4.78, 5) is 0.222. The molecule has 0 nitrogen and oxygen atoms in total. The molecule has 0 aromatic carbocycles. The molecule has 0 saturated heterocycles. The first-order valence-corrected chi connectivity index (χ1v) is 3.22. The molecule has 0 N–H and O–H groups in total. The van der Waals surface area contributed by atoms with Crippen molar-refractivity contribution in [1.29, 1.82) is 0 Å². The highest BCUT2D eigenvalue weighted by Gasteiger charge is 2.43. The lowest BCUT2D eigenvalue weighted by molar-refractivity contribution is 0.594. The van der Waals surface area contributed by atoms with Crippen molar-refractivity contribution in [3.63, 3.8) is 0 Å². The van der Waals surface area contributed by atoms with Gasteiger partial charge in [-0.3, -0.25) is 0 Å². The number of halogens is 1. The average Bonchev–Trinajstić information content (AvgIpc) is 2.21. The molecule has 0 atom stereocenters. The predicted octanol–water partition coefficient (Wildman–Crippen LogP) is 2.41. The maximum atomic E-state index is 5.98. The van der Waals surface area contributed by atoms with Crippen LogP contribution >= 0.6 is 11.6 Å². The summed E-state index contributed by atoms with van der Waals surface area (Å²) in [5.74, 6) is 0.675. The quantitative estimate of drug-likeness (QED) is 0.464. The first-order valence-electron chi connectivity index (χ1n) is 2.84. The Morgan fingerprint density at radius 1 is 1.43 bits per heavy atom. The van der Waals surface area contributed by atoms with Crippen molar-refractivity contribution in [3.05, 3.63) is 0 Å². The summed E-state index contributed by atoms with van der Waals surface area (Å²) in [6, 6.07) is 0. The summed E-state index contributed by atoms with van der Waals surface area (Å²) >= 11 is 5.98. The van der Waals surface area contributed by atoms with Gasteiger partial charge in [0.15, 0.2) is 0 Å². The van der Waals surface area contributed by atoms with E-state index in [4.69, 9.17) is 11.6 Å². The molecule has 0 unspecified atom stereocenters. The third kappa shape index (κ3) is 0.908. The summed E-state index contributed by atoms with van der Waals surface area (Å²) in [7, 11) is 0. The Morgan fingerprint density at radius 2 is 1.86 bits per heavy atom. The molecule has 1 aliphatic carbocycles. The summed E-state index contributed by atoms with van der Waals surface area (Å²) in [6.07, 6.45) is 2.46. The highest BCUT2D eigenvalue weighted by molar-refractivity contribution is 6.26. The topological polar surface area (TPSA) is 0 Å². The van der Waals surface area contributed by atoms with E-state index in [9.17, 15) is 0 Å². The maximum Gasteiger partial charge on any atom is 0.0471 e. The van der Waals surface area contributed by atoms with Crippen molar-refractivity contribution in [2.45, 2.75) is 31.6 Å². The highest BCUT2D eigenvalue weighted by atomic mass is 35.5. The molecule has 0 bridgehead atoms. The minimum absolute atomic E-state index is 0.222. The summed E-state index contributed by atoms with van der Waals surface area (Å²) in [6.45, 7) is 4.36. The lowest BCUT2D eigenvalue weighted by Crippen LogP contribution is -2.06. The number of hydrogen-bond donors (Lipinski definition) is 0. The Bertz CT molecular complexity index is 72.2. The molecule has 1 fully saturated rings. The summed E-state index contributed by atoms with van der Waals surface area (Å²) in [5.41, 5.74) is 0. The van der Waals surface area contributed by atoms with Crippen LogP contribution in [0.3, 0.4) is 0 Å². The van der Waals surface area contributed by atoms with Gasteiger partial charge >= 0.3 is 0 Å². The second-order valence-corrected chi connectivity index (χ2v) is 3.44. The normalized spacial score (nSPS) is 25.7. The van der Waals surface area contributed by atoms with Gasteiger partial charge < -0.3 is 0 Å². The van der Waals surface area contributed by atoms with Crippen LogP contribution in [0.25, 0.3) is 0 Å². The molecule has 0 spiro atoms. The smallest absolute Gasteiger partial charge is 0.0471 e. The molecule has 0 aromatic heterocycles. The van der Waals surface area contributed by atoms with Gasteiger partial charge in [0.05, 0.1) is 0 Å². The van der Waals surface area contributed by atoms with Gasteiger partial charge in [-0.2, -0.15) is 0 Å². The predicted molar refractivity (Wildman–Crippen MR) is 32.7 cm³/mol. The van der Waals surface area contributed by atoms with Crippen LogP contribution in [0.4, 0.5) is 0 Å². The van der Waals surface area contributed by atoms with Gasteiger partial charge in [-0.05, 0) is 18.8 Å². The van der Waals surface area contributed by atoms with Crippen molar-refractivity contribution >= 4 is 11.6 Å². The SMILES string of the molecule is CC(C)C1(Cl)CC1. The molecule has 0 aromatic rings. The standard InChI is InChI=1S/C6H11Cl/c1-5(2)6(7)3-4-6/h5H,3-4H2,1-2H3. The summed E-state index contributed by atoms with van der Waals surface area (Å²) in [5, 5.41) is 0. The third-order valence-electron chi connectivity index (χ3n) is 1.76. The van der Waals surface area contributed by atoms with Gasteiger partial charge in [0.25, 0.3) is 0 Å². The Kier molecular flexibility index (Phi) is 1.07. The fourth-order valence-electron chi connectivity index (χ4n) is 0.697. The summed E-state index contributed by atoms with van der Waals surface area (Å²) < 4.78 is 0. The lowest BCUT2D eigenvalue weighted by Gasteiger charge is -2.07. The van der Waals surface area contributed by atoms with Gasteiger partial charge in [-0.15, -0.1) is 11.6 Å². The van der Waals surface area contributed by atoms with E-state index in [1.54, 1.807) is 0 Å². The molecular weight excluding hydrogens is 108 g/mol. The Hall–Kier alpha value is 0.290. The van der Waals surface area contributed by atoms with E-state index in [-0.39, 0.29) is 4.87 Å². The highest BCUT2D eigenvalue weighted by Crippen LogP contribution is 2.48. The second-order valence-electron chi connectivity index (χ2n) is 2.69. The zero-order valence-corrected chi connectivity index (χ0v) is 5.63. The molecule has 1 rings (SSSR count). The van der Waals surface area contributed by atoms with Crippen molar-refractivity contribution in [2.75, 3.05) is 0 Å². The van der Waals surface area contributed by atoms with E-state index < -0.39 is 0 Å². The minimum Gasteiger partial charge on any atom is -0.119 e. The van der Waals surface area contributed by atoms with E-state index in [1.807, 2.05) is 0 Å². The first kappa shape index (κ1) is 5.43. The van der Waals surface area contributed by atoms with Crippen LogP contribution in [0.15, 0.2) is 0 Å². The second kappa shape index (κ2) is 1.38. The van der Waals surface area contributed by atoms with Crippen molar-refractivity contribution in [1.82, 2.24) is 0 Å². The Morgan fingerprint density at radius 3 is 1.86 bits per heavy atom. The molecule has 1 heteroatoms. The van der Waals surface area contributed by atoms with Crippen LogP contribution in [0.5, 0.6) is 0 Å². The molecule has 1 aliphatic rings. The van der Waals surface area contributed by atoms with Crippen molar-refractivity contribution < 1.29 is 0 Å². The van der Waals surface area contributed by atoms with Gasteiger partial charge in [0.1, 0.15) is 0 Å². The molecule has 7 heavy (non-hydrogen) atoms. The molecule has 1 saturated carbocycles. The molecule has 0 aliphatic heterocycles. The van der Waals surface area contributed by atoms with Crippen LogP contribution in [-0.4, -0.2) is 4.87 Å². The van der Waals surface area contributed by atoms with Crippen LogP contribution in [0.2, 0.25) is 0 Å². The fraction of sp³-hybridized carbons (Fsp3) is 1.00.